The zero-order valence-corrected chi connectivity index (χ0v) is 9.58. The highest BCUT2D eigenvalue weighted by Crippen LogP contribution is 2.18. The molecule has 2 aromatic rings. The molecule has 4 heteroatoms. The Morgan fingerprint density at radius 2 is 2.00 bits per heavy atom. The first-order valence-corrected chi connectivity index (χ1v) is 4.65. The summed E-state index contributed by atoms with van der Waals surface area (Å²) in [4.78, 5) is 7.02. The molecule has 0 radical (unpaired) electrons. The molecule has 0 aliphatic rings. The lowest BCUT2D eigenvalue weighted by Crippen LogP contribution is -1.78. The van der Waals surface area contributed by atoms with Gasteiger partial charge in [0, 0.05) is 18.0 Å². The summed E-state index contributed by atoms with van der Waals surface area (Å²) in [6, 6.07) is 6.97. The standard InChI is InChI=1S/C9H8N2O.C2H6.ClH/c12-8-3-1-2-7(6-8)9-10-4-5-11-9;1-2;/h1-6,12H,(H,10,11);1-2H3;1H. The van der Waals surface area contributed by atoms with E-state index in [1.807, 2.05) is 19.9 Å². The fraction of sp³-hybridized carbons (Fsp3) is 0.182. The normalized spacial score (nSPS) is 8.40. The van der Waals surface area contributed by atoms with E-state index in [2.05, 4.69) is 9.97 Å². The molecule has 15 heavy (non-hydrogen) atoms. The van der Waals surface area contributed by atoms with Crippen molar-refractivity contribution in [1.82, 2.24) is 9.97 Å². The molecule has 0 unspecified atom stereocenters. The summed E-state index contributed by atoms with van der Waals surface area (Å²) in [7, 11) is 0. The van der Waals surface area contributed by atoms with Gasteiger partial charge in [0.2, 0.25) is 0 Å². The van der Waals surface area contributed by atoms with E-state index < -0.39 is 0 Å². The molecule has 1 aromatic heterocycles. The van der Waals surface area contributed by atoms with Crippen LogP contribution in [0.1, 0.15) is 13.8 Å². The second-order valence-electron chi connectivity index (χ2n) is 2.49. The fourth-order valence-corrected chi connectivity index (χ4v) is 1.08. The van der Waals surface area contributed by atoms with Crippen molar-refractivity contribution in [3.8, 4) is 17.1 Å². The van der Waals surface area contributed by atoms with Gasteiger partial charge in [-0.05, 0) is 12.1 Å². The number of H-pyrrole nitrogens is 1. The van der Waals surface area contributed by atoms with Crippen LogP contribution < -0.4 is 0 Å². The van der Waals surface area contributed by atoms with E-state index >= 15 is 0 Å². The minimum atomic E-state index is 0. The zero-order chi connectivity index (χ0) is 10.4. The third-order valence-electron chi connectivity index (χ3n) is 1.62. The van der Waals surface area contributed by atoms with E-state index in [1.54, 1.807) is 30.6 Å². The Balaban J connectivity index is 0.000000617. The Hall–Kier alpha value is -1.48. The van der Waals surface area contributed by atoms with Crippen LogP contribution >= 0.6 is 12.4 Å². The number of nitrogens with one attached hydrogen (secondary N) is 1. The zero-order valence-electron chi connectivity index (χ0n) is 8.77. The van der Waals surface area contributed by atoms with E-state index in [1.165, 1.54) is 0 Å². The predicted octanol–water partition coefficient (Wildman–Crippen LogP) is 3.23. The topological polar surface area (TPSA) is 48.9 Å². The van der Waals surface area contributed by atoms with Crippen molar-refractivity contribution in [2.45, 2.75) is 13.8 Å². The summed E-state index contributed by atoms with van der Waals surface area (Å²) in [6.07, 6.45) is 3.43. The number of hydrogen-bond donors (Lipinski definition) is 2. The number of phenols is 1. The smallest absolute Gasteiger partial charge is 0.137 e. The number of phenolic OH excluding ortho intramolecular Hbond substituents is 1. The van der Waals surface area contributed by atoms with Gasteiger partial charge < -0.3 is 10.1 Å². The summed E-state index contributed by atoms with van der Waals surface area (Å²) in [6.45, 7) is 4.00. The van der Waals surface area contributed by atoms with Gasteiger partial charge in [-0.15, -0.1) is 12.4 Å². The van der Waals surface area contributed by atoms with Gasteiger partial charge in [-0.3, -0.25) is 0 Å². The molecule has 1 aromatic carbocycles. The molecule has 0 aliphatic heterocycles. The van der Waals surface area contributed by atoms with Crippen molar-refractivity contribution < 1.29 is 5.11 Å². The van der Waals surface area contributed by atoms with Crippen LogP contribution in [0.3, 0.4) is 0 Å². The Bertz CT molecular complexity index is 374. The van der Waals surface area contributed by atoms with Gasteiger partial charge in [-0.2, -0.15) is 0 Å². The van der Waals surface area contributed by atoms with Gasteiger partial charge in [0.1, 0.15) is 11.6 Å². The average Bonchev–Trinajstić information content (AvgIpc) is 2.74. The van der Waals surface area contributed by atoms with Gasteiger partial charge in [0.25, 0.3) is 0 Å². The highest BCUT2D eigenvalue weighted by molar-refractivity contribution is 5.85. The third kappa shape index (κ3) is 3.64. The van der Waals surface area contributed by atoms with E-state index in [4.69, 9.17) is 0 Å². The van der Waals surface area contributed by atoms with E-state index in [0.29, 0.717) is 0 Å². The van der Waals surface area contributed by atoms with Gasteiger partial charge in [-0.1, -0.05) is 26.0 Å². The number of halogens is 1. The Labute approximate surface area is 95.6 Å². The van der Waals surface area contributed by atoms with Crippen molar-refractivity contribution in [3.05, 3.63) is 36.7 Å². The SMILES string of the molecule is CC.Cl.Oc1cccc(-c2ncc[nH]2)c1. The second-order valence-corrected chi connectivity index (χ2v) is 2.49. The number of hydrogen-bond acceptors (Lipinski definition) is 2. The molecule has 0 spiro atoms. The van der Waals surface area contributed by atoms with Crippen LogP contribution in [0.2, 0.25) is 0 Å². The van der Waals surface area contributed by atoms with Crippen molar-refractivity contribution in [2.24, 2.45) is 0 Å². The fourth-order valence-electron chi connectivity index (χ4n) is 1.08. The lowest BCUT2D eigenvalue weighted by Gasteiger charge is -1.96. The maximum Gasteiger partial charge on any atom is 0.137 e. The molecule has 3 nitrogen and oxygen atoms in total. The molecular weight excluding hydrogens is 212 g/mol. The van der Waals surface area contributed by atoms with Crippen LogP contribution in [0, 0.1) is 0 Å². The number of nitrogens with zero attached hydrogens (tertiary/aromatic N) is 1. The lowest BCUT2D eigenvalue weighted by molar-refractivity contribution is 0.475. The molecule has 0 aliphatic carbocycles. The van der Waals surface area contributed by atoms with Crippen molar-refractivity contribution >= 4 is 12.4 Å². The number of aromatic amines is 1. The maximum absolute atomic E-state index is 9.17. The highest BCUT2D eigenvalue weighted by atomic mass is 35.5. The molecule has 82 valence electrons. The first-order chi connectivity index (χ1) is 6.86. The van der Waals surface area contributed by atoms with Crippen molar-refractivity contribution in [2.75, 3.05) is 0 Å². The Morgan fingerprint density at radius 3 is 2.53 bits per heavy atom. The van der Waals surface area contributed by atoms with Gasteiger partial charge in [0.15, 0.2) is 0 Å². The molecular formula is C11H15ClN2O. The number of benzene rings is 1. The molecule has 1 heterocycles. The molecule has 0 saturated carbocycles. The molecule has 0 atom stereocenters. The summed E-state index contributed by atoms with van der Waals surface area (Å²) in [5.74, 6) is 1.02. The second kappa shape index (κ2) is 6.90. The van der Waals surface area contributed by atoms with Gasteiger partial charge >= 0.3 is 0 Å². The molecule has 0 amide bonds. The predicted molar refractivity (Wildman–Crippen MR) is 64.3 cm³/mol. The minimum absolute atomic E-state index is 0. The number of rotatable bonds is 1. The van der Waals surface area contributed by atoms with Gasteiger partial charge in [0.05, 0.1) is 0 Å². The first kappa shape index (κ1) is 13.5. The van der Waals surface area contributed by atoms with Crippen LogP contribution in [-0.4, -0.2) is 15.1 Å². The van der Waals surface area contributed by atoms with E-state index in [9.17, 15) is 5.11 Å². The van der Waals surface area contributed by atoms with Crippen LogP contribution in [-0.2, 0) is 0 Å². The largest absolute Gasteiger partial charge is 0.508 e. The average molecular weight is 227 g/mol. The van der Waals surface area contributed by atoms with Crippen LogP contribution in [0.15, 0.2) is 36.7 Å². The lowest BCUT2D eigenvalue weighted by atomic mass is 10.2. The number of aromatic nitrogens is 2. The quantitative estimate of drug-likeness (QED) is 0.785. The minimum Gasteiger partial charge on any atom is -0.508 e. The number of aromatic hydroxyl groups is 1. The first-order valence-electron chi connectivity index (χ1n) is 4.65. The summed E-state index contributed by atoms with van der Waals surface area (Å²) >= 11 is 0. The van der Waals surface area contributed by atoms with Crippen LogP contribution in [0.5, 0.6) is 5.75 Å². The molecule has 0 fully saturated rings. The molecule has 2 N–H and O–H groups in total. The van der Waals surface area contributed by atoms with E-state index in [-0.39, 0.29) is 18.2 Å². The molecule has 2 rings (SSSR count). The van der Waals surface area contributed by atoms with Crippen LogP contribution in [0.25, 0.3) is 11.4 Å². The third-order valence-corrected chi connectivity index (χ3v) is 1.62. The Kier molecular flexibility index (Phi) is 6.22. The van der Waals surface area contributed by atoms with E-state index in [0.717, 1.165) is 11.4 Å². The maximum atomic E-state index is 9.17. The Morgan fingerprint density at radius 1 is 1.27 bits per heavy atom. The van der Waals surface area contributed by atoms with Crippen LogP contribution in [0.4, 0.5) is 0 Å². The summed E-state index contributed by atoms with van der Waals surface area (Å²) in [5.41, 5.74) is 0.889. The monoisotopic (exact) mass is 226 g/mol. The number of imidazole rings is 1. The summed E-state index contributed by atoms with van der Waals surface area (Å²) < 4.78 is 0. The van der Waals surface area contributed by atoms with Crippen molar-refractivity contribution in [1.29, 1.82) is 0 Å². The summed E-state index contributed by atoms with van der Waals surface area (Å²) in [5, 5.41) is 9.17. The molecule has 0 bridgehead atoms. The highest BCUT2D eigenvalue weighted by Gasteiger charge is 1.98. The molecule has 0 saturated heterocycles. The van der Waals surface area contributed by atoms with Gasteiger partial charge in [-0.25, -0.2) is 4.98 Å². The van der Waals surface area contributed by atoms with Crippen molar-refractivity contribution in [3.63, 3.8) is 0 Å².